The number of hydrogen-bond acceptors (Lipinski definition) is 4. The third kappa shape index (κ3) is 3.22. The van der Waals surface area contributed by atoms with E-state index >= 15 is 0 Å². The molecule has 1 fully saturated rings. The predicted molar refractivity (Wildman–Crippen MR) is 108 cm³/mol. The first-order valence-electron chi connectivity index (χ1n) is 9.36. The van der Waals surface area contributed by atoms with Crippen LogP contribution < -0.4 is 15.0 Å². The van der Waals surface area contributed by atoms with Gasteiger partial charge in [-0.1, -0.05) is 18.2 Å². The first-order chi connectivity index (χ1) is 13.6. The first-order valence-corrected chi connectivity index (χ1v) is 9.36. The Morgan fingerprint density at radius 3 is 2.75 bits per heavy atom. The van der Waals surface area contributed by atoms with Gasteiger partial charge < -0.3 is 19.4 Å². The molecule has 0 aliphatic carbocycles. The SMILES string of the molecule is COc1ccc(NC(=O)c2oc3ccccc3c2C)cc1N1CCCCC1=O. The van der Waals surface area contributed by atoms with E-state index in [9.17, 15) is 9.59 Å². The van der Waals surface area contributed by atoms with Crippen LogP contribution >= 0.6 is 0 Å². The van der Waals surface area contributed by atoms with Crippen LogP contribution in [0.25, 0.3) is 11.0 Å². The van der Waals surface area contributed by atoms with E-state index in [0.717, 1.165) is 23.8 Å². The molecule has 144 valence electrons. The van der Waals surface area contributed by atoms with Crippen molar-refractivity contribution in [3.8, 4) is 5.75 Å². The molecule has 1 N–H and O–H groups in total. The number of nitrogens with zero attached hydrogens (tertiary/aromatic N) is 1. The molecule has 1 aliphatic heterocycles. The number of carbonyl (C=O) groups is 2. The first kappa shape index (κ1) is 18.1. The number of rotatable bonds is 4. The van der Waals surface area contributed by atoms with Crippen molar-refractivity contribution in [3.63, 3.8) is 0 Å². The van der Waals surface area contributed by atoms with Crippen LogP contribution in [0.4, 0.5) is 11.4 Å². The van der Waals surface area contributed by atoms with Crippen molar-refractivity contribution in [3.05, 3.63) is 53.8 Å². The summed E-state index contributed by atoms with van der Waals surface area (Å²) in [6, 6.07) is 12.9. The van der Waals surface area contributed by atoms with Gasteiger partial charge in [0.05, 0.1) is 12.8 Å². The summed E-state index contributed by atoms with van der Waals surface area (Å²) in [6.07, 6.45) is 2.38. The normalized spacial score (nSPS) is 14.4. The highest BCUT2D eigenvalue weighted by Gasteiger charge is 2.24. The van der Waals surface area contributed by atoms with Gasteiger partial charge >= 0.3 is 0 Å². The highest BCUT2D eigenvalue weighted by Crippen LogP contribution is 2.34. The lowest BCUT2D eigenvalue weighted by atomic mass is 10.1. The molecule has 0 radical (unpaired) electrons. The van der Waals surface area contributed by atoms with Gasteiger partial charge in [-0.3, -0.25) is 9.59 Å². The second-order valence-corrected chi connectivity index (χ2v) is 6.90. The van der Waals surface area contributed by atoms with Crippen molar-refractivity contribution in [2.45, 2.75) is 26.2 Å². The number of piperidine rings is 1. The highest BCUT2D eigenvalue weighted by atomic mass is 16.5. The van der Waals surface area contributed by atoms with Crippen molar-refractivity contribution >= 4 is 34.2 Å². The number of aryl methyl sites for hydroxylation is 1. The van der Waals surface area contributed by atoms with Crippen LogP contribution in [0.3, 0.4) is 0 Å². The van der Waals surface area contributed by atoms with Crippen LogP contribution in [0.15, 0.2) is 46.9 Å². The lowest BCUT2D eigenvalue weighted by Gasteiger charge is -2.28. The maximum absolute atomic E-state index is 12.8. The molecule has 0 atom stereocenters. The van der Waals surface area contributed by atoms with E-state index in [1.165, 1.54) is 0 Å². The molecule has 1 aromatic heterocycles. The number of nitrogens with one attached hydrogen (secondary N) is 1. The molecule has 28 heavy (non-hydrogen) atoms. The fourth-order valence-electron chi connectivity index (χ4n) is 3.62. The molecular formula is C22H22N2O4. The number of benzene rings is 2. The zero-order chi connectivity index (χ0) is 19.7. The van der Waals surface area contributed by atoms with Gasteiger partial charge in [-0.15, -0.1) is 0 Å². The molecule has 0 spiro atoms. The Hall–Kier alpha value is -3.28. The summed E-state index contributed by atoms with van der Waals surface area (Å²) in [4.78, 5) is 26.9. The summed E-state index contributed by atoms with van der Waals surface area (Å²) in [5.74, 6) is 0.636. The quantitative estimate of drug-likeness (QED) is 0.725. The van der Waals surface area contributed by atoms with Gasteiger partial charge in [-0.25, -0.2) is 0 Å². The largest absolute Gasteiger partial charge is 0.495 e. The van der Waals surface area contributed by atoms with Crippen LogP contribution in [0.2, 0.25) is 0 Å². The third-order valence-electron chi connectivity index (χ3n) is 5.10. The van der Waals surface area contributed by atoms with E-state index in [4.69, 9.17) is 9.15 Å². The Bertz CT molecular complexity index is 1050. The Morgan fingerprint density at radius 2 is 2.00 bits per heavy atom. The van der Waals surface area contributed by atoms with Crippen LogP contribution in [-0.2, 0) is 4.79 Å². The number of amides is 2. The molecule has 2 aromatic carbocycles. The van der Waals surface area contributed by atoms with Gasteiger partial charge in [-0.05, 0) is 44.0 Å². The number of methoxy groups -OCH3 is 1. The average molecular weight is 378 g/mol. The van der Waals surface area contributed by atoms with Gasteiger partial charge in [0.25, 0.3) is 5.91 Å². The molecule has 1 aliphatic rings. The zero-order valence-corrected chi connectivity index (χ0v) is 16.0. The lowest BCUT2D eigenvalue weighted by molar-refractivity contribution is -0.119. The highest BCUT2D eigenvalue weighted by molar-refractivity contribution is 6.07. The fraction of sp³-hybridized carbons (Fsp3) is 0.273. The van der Waals surface area contributed by atoms with Gasteiger partial charge in [-0.2, -0.15) is 0 Å². The van der Waals surface area contributed by atoms with E-state index in [2.05, 4.69) is 5.32 Å². The summed E-state index contributed by atoms with van der Waals surface area (Å²) in [5, 5.41) is 3.80. The van der Waals surface area contributed by atoms with E-state index < -0.39 is 0 Å². The summed E-state index contributed by atoms with van der Waals surface area (Å²) in [5.41, 5.74) is 2.73. The number of hydrogen-bond donors (Lipinski definition) is 1. The fourth-order valence-corrected chi connectivity index (χ4v) is 3.62. The maximum Gasteiger partial charge on any atom is 0.291 e. The second kappa shape index (κ2) is 7.38. The van der Waals surface area contributed by atoms with E-state index in [-0.39, 0.29) is 17.6 Å². The predicted octanol–water partition coefficient (Wildman–Crippen LogP) is 4.52. The number of furan rings is 1. The van der Waals surface area contributed by atoms with Crippen molar-refractivity contribution < 1.29 is 18.7 Å². The average Bonchev–Trinajstić information content (AvgIpc) is 3.05. The molecule has 0 bridgehead atoms. The molecule has 0 saturated carbocycles. The van der Waals surface area contributed by atoms with Crippen molar-refractivity contribution in [2.24, 2.45) is 0 Å². The molecule has 2 heterocycles. The molecular weight excluding hydrogens is 356 g/mol. The molecule has 6 nitrogen and oxygen atoms in total. The molecule has 1 saturated heterocycles. The van der Waals surface area contributed by atoms with Crippen molar-refractivity contribution in [1.82, 2.24) is 0 Å². The number of para-hydroxylation sites is 1. The van der Waals surface area contributed by atoms with Crippen molar-refractivity contribution in [2.75, 3.05) is 23.9 Å². The van der Waals surface area contributed by atoms with Crippen LogP contribution in [-0.4, -0.2) is 25.5 Å². The Balaban J connectivity index is 1.64. The Kier molecular flexibility index (Phi) is 4.77. The van der Waals surface area contributed by atoms with Crippen LogP contribution in [0, 0.1) is 6.92 Å². The minimum atomic E-state index is -0.324. The monoisotopic (exact) mass is 378 g/mol. The Morgan fingerprint density at radius 1 is 1.18 bits per heavy atom. The van der Waals surface area contributed by atoms with Crippen LogP contribution in [0.1, 0.15) is 35.4 Å². The zero-order valence-electron chi connectivity index (χ0n) is 16.0. The lowest BCUT2D eigenvalue weighted by Crippen LogP contribution is -2.35. The van der Waals surface area contributed by atoms with E-state index in [0.29, 0.717) is 35.7 Å². The summed E-state index contributed by atoms with van der Waals surface area (Å²) < 4.78 is 11.2. The number of ether oxygens (including phenoxy) is 1. The van der Waals surface area contributed by atoms with E-state index in [1.807, 2.05) is 31.2 Å². The van der Waals surface area contributed by atoms with E-state index in [1.54, 1.807) is 30.2 Å². The third-order valence-corrected chi connectivity index (χ3v) is 5.10. The molecule has 3 aromatic rings. The number of carbonyl (C=O) groups excluding carboxylic acids is 2. The van der Waals surface area contributed by atoms with Gasteiger partial charge in [0.15, 0.2) is 5.76 Å². The molecule has 4 rings (SSSR count). The minimum Gasteiger partial charge on any atom is -0.495 e. The van der Waals surface area contributed by atoms with Crippen molar-refractivity contribution in [1.29, 1.82) is 0 Å². The number of anilines is 2. The number of fused-ring (bicyclic) bond motifs is 1. The second-order valence-electron chi connectivity index (χ2n) is 6.90. The van der Waals surface area contributed by atoms with Crippen LogP contribution in [0.5, 0.6) is 5.75 Å². The molecule has 6 heteroatoms. The summed E-state index contributed by atoms with van der Waals surface area (Å²) in [6.45, 7) is 2.52. The molecule has 0 unspecified atom stereocenters. The van der Waals surface area contributed by atoms with Gasteiger partial charge in [0.1, 0.15) is 11.3 Å². The maximum atomic E-state index is 12.8. The summed E-state index contributed by atoms with van der Waals surface area (Å²) >= 11 is 0. The minimum absolute atomic E-state index is 0.0705. The molecule has 2 amide bonds. The smallest absolute Gasteiger partial charge is 0.291 e. The Labute approximate surface area is 163 Å². The topological polar surface area (TPSA) is 71.8 Å². The summed E-state index contributed by atoms with van der Waals surface area (Å²) in [7, 11) is 1.57. The van der Waals surface area contributed by atoms with Gasteiger partial charge in [0, 0.05) is 29.6 Å². The standard InChI is InChI=1S/C22H22N2O4/c1-14-16-7-3-4-8-18(16)28-21(14)22(26)23-15-10-11-19(27-2)17(13-15)24-12-6-5-9-20(24)25/h3-4,7-8,10-11,13H,5-6,9,12H2,1-2H3,(H,23,26). The van der Waals surface area contributed by atoms with Gasteiger partial charge in [0.2, 0.25) is 5.91 Å².